The molecule has 0 saturated carbocycles. The van der Waals surface area contributed by atoms with E-state index in [-0.39, 0.29) is 24.4 Å². The average molecular weight is 487 g/mol. The second-order valence-corrected chi connectivity index (χ2v) is 8.37. The molecule has 0 atom stereocenters. The largest absolute Gasteiger partial charge is 0.383 e. The summed E-state index contributed by atoms with van der Waals surface area (Å²) in [6.07, 6.45) is 0. The standard InChI is InChI=1S/C19H17BrClN3OS.ClH/c1-10(2)23-18(22)11-3-8-14-15(9-11)26-17(16(14)21)19(25)24-13-6-4-12(20)5-7-13;/h3-10H,1-2H3,(H2,22,23)(H,24,25);1H. The van der Waals surface area contributed by atoms with Gasteiger partial charge in [-0.25, -0.2) is 0 Å². The smallest absolute Gasteiger partial charge is 0.267 e. The van der Waals surface area contributed by atoms with Crippen molar-refractivity contribution >= 4 is 78.8 Å². The molecule has 142 valence electrons. The molecule has 0 aliphatic heterocycles. The van der Waals surface area contributed by atoms with Gasteiger partial charge in [0.25, 0.3) is 5.91 Å². The minimum atomic E-state index is -0.233. The molecule has 1 heterocycles. The van der Waals surface area contributed by atoms with Crippen LogP contribution >= 0.6 is 51.3 Å². The topological polar surface area (TPSA) is 67.5 Å². The summed E-state index contributed by atoms with van der Waals surface area (Å²) in [4.78, 5) is 17.4. The molecule has 4 nitrogen and oxygen atoms in total. The Morgan fingerprint density at radius 2 is 1.89 bits per heavy atom. The first-order valence-electron chi connectivity index (χ1n) is 7.97. The highest BCUT2D eigenvalue weighted by Crippen LogP contribution is 2.36. The summed E-state index contributed by atoms with van der Waals surface area (Å²) in [7, 11) is 0. The van der Waals surface area contributed by atoms with Gasteiger partial charge in [0.1, 0.15) is 10.7 Å². The molecule has 0 spiro atoms. The summed E-state index contributed by atoms with van der Waals surface area (Å²) in [5.74, 6) is 0.246. The molecule has 0 aliphatic rings. The minimum Gasteiger partial charge on any atom is -0.383 e. The Labute approximate surface area is 181 Å². The number of carbonyl (C=O) groups excluding carboxylic acids is 1. The first-order chi connectivity index (χ1) is 12.3. The third kappa shape index (κ3) is 5.02. The molecule has 1 amide bonds. The third-order valence-electron chi connectivity index (χ3n) is 3.63. The van der Waals surface area contributed by atoms with Crippen molar-refractivity contribution in [3.8, 4) is 0 Å². The lowest BCUT2D eigenvalue weighted by atomic mass is 10.1. The summed E-state index contributed by atoms with van der Waals surface area (Å²) >= 11 is 11.2. The predicted octanol–water partition coefficient (Wildman–Crippen LogP) is 6.11. The summed E-state index contributed by atoms with van der Waals surface area (Å²) < 4.78 is 1.85. The molecule has 2 aromatic carbocycles. The van der Waals surface area contributed by atoms with Crippen LogP contribution in [0, 0.1) is 0 Å². The van der Waals surface area contributed by atoms with Gasteiger partial charge in [0.15, 0.2) is 0 Å². The predicted molar refractivity (Wildman–Crippen MR) is 122 cm³/mol. The second kappa shape index (κ2) is 9.06. The van der Waals surface area contributed by atoms with E-state index in [4.69, 9.17) is 17.3 Å². The number of carbonyl (C=O) groups is 1. The number of halogens is 3. The maximum absolute atomic E-state index is 12.6. The second-order valence-electron chi connectivity index (χ2n) is 6.03. The van der Waals surface area contributed by atoms with E-state index < -0.39 is 0 Å². The zero-order chi connectivity index (χ0) is 18.8. The lowest BCUT2D eigenvalue weighted by molar-refractivity contribution is 0.103. The first-order valence-corrected chi connectivity index (χ1v) is 9.96. The number of amidine groups is 1. The number of nitrogens with one attached hydrogen (secondary N) is 1. The van der Waals surface area contributed by atoms with E-state index in [2.05, 4.69) is 26.2 Å². The lowest BCUT2D eigenvalue weighted by Gasteiger charge is -2.04. The van der Waals surface area contributed by atoms with Crippen LogP contribution in [0.2, 0.25) is 5.02 Å². The van der Waals surface area contributed by atoms with Crippen LogP contribution in [0.3, 0.4) is 0 Å². The number of aliphatic imine (C=N–C) groups is 1. The molecular formula is C19H18BrCl2N3OS. The van der Waals surface area contributed by atoms with Gasteiger partial charge in [-0.2, -0.15) is 0 Å². The van der Waals surface area contributed by atoms with Gasteiger partial charge < -0.3 is 11.1 Å². The number of thiophene rings is 1. The molecule has 0 bridgehead atoms. The molecule has 0 aliphatic carbocycles. The van der Waals surface area contributed by atoms with Crippen molar-refractivity contribution in [2.45, 2.75) is 19.9 Å². The van der Waals surface area contributed by atoms with Crippen molar-refractivity contribution in [1.29, 1.82) is 0 Å². The molecule has 0 unspecified atom stereocenters. The fourth-order valence-corrected chi connectivity index (χ4v) is 4.16. The number of rotatable bonds is 4. The summed E-state index contributed by atoms with van der Waals surface area (Å²) in [5, 5.41) is 4.15. The highest BCUT2D eigenvalue weighted by atomic mass is 79.9. The summed E-state index contributed by atoms with van der Waals surface area (Å²) in [6.45, 7) is 3.94. The van der Waals surface area contributed by atoms with Gasteiger partial charge in [-0.15, -0.1) is 23.7 Å². The van der Waals surface area contributed by atoms with Gasteiger partial charge in [0.05, 0.1) is 5.02 Å². The van der Waals surface area contributed by atoms with Crippen molar-refractivity contribution in [3.05, 3.63) is 62.4 Å². The van der Waals surface area contributed by atoms with Crippen LogP contribution in [0.25, 0.3) is 10.1 Å². The lowest BCUT2D eigenvalue weighted by Crippen LogP contribution is -2.15. The Bertz CT molecular complexity index is 1000. The molecule has 3 rings (SSSR count). The van der Waals surface area contributed by atoms with Crippen LogP contribution in [-0.4, -0.2) is 17.8 Å². The van der Waals surface area contributed by atoms with Gasteiger partial charge >= 0.3 is 0 Å². The zero-order valence-corrected chi connectivity index (χ0v) is 18.6. The normalized spacial score (nSPS) is 11.5. The van der Waals surface area contributed by atoms with Gasteiger partial charge in [-0.1, -0.05) is 39.7 Å². The van der Waals surface area contributed by atoms with Crippen LogP contribution in [0.4, 0.5) is 5.69 Å². The van der Waals surface area contributed by atoms with E-state index in [1.165, 1.54) is 11.3 Å². The molecule has 8 heteroatoms. The Morgan fingerprint density at radius 1 is 1.22 bits per heavy atom. The Balaban J connectivity index is 0.00000261. The van der Waals surface area contributed by atoms with Gasteiger partial charge in [0.2, 0.25) is 0 Å². The van der Waals surface area contributed by atoms with Crippen LogP contribution in [0.15, 0.2) is 51.9 Å². The Kier molecular flexibility index (Phi) is 7.28. The zero-order valence-electron chi connectivity index (χ0n) is 14.6. The first kappa shape index (κ1) is 21.7. The van der Waals surface area contributed by atoms with Gasteiger partial charge in [0, 0.05) is 31.9 Å². The minimum absolute atomic E-state index is 0. The van der Waals surface area contributed by atoms with E-state index in [1.54, 1.807) is 0 Å². The van der Waals surface area contributed by atoms with Gasteiger partial charge in [-0.05, 0) is 44.2 Å². The number of hydrogen-bond acceptors (Lipinski definition) is 3. The third-order valence-corrected chi connectivity index (χ3v) is 5.82. The average Bonchev–Trinajstić information content (AvgIpc) is 2.93. The van der Waals surface area contributed by atoms with E-state index in [0.717, 1.165) is 20.1 Å². The Hall–Kier alpha value is -1.60. The fourth-order valence-electron chi connectivity index (χ4n) is 2.44. The molecule has 0 saturated heterocycles. The number of hydrogen-bond donors (Lipinski definition) is 2. The van der Waals surface area contributed by atoms with Crippen LogP contribution in [0.5, 0.6) is 0 Å². The molecule has 0 radical (unpaired) electrons. The number of amides is 1. The van der Waals surface area contributed by atoms with Crippen molar-refractivity contribution in [2.75, 3.05) is 5.32 Å². The monoisotopic (exact) mass is 485 g/mol. The molecule has 3 aromatic rings. The number of benzene rings is 2. The highest BCUT2D eigenvalue weighted by molar-refractivity contribution is 9.10. The fraction of sp³-hybridized carbons (Fsp3) is 0.158. The van der Waals surface area contributed by atoms with E-state index in [0.29, 0.717) is 21.4 Å². The quantitative estimate of drug-likeness (QED) is 0.345. The number of anilines is 1. The van der Waals surface area contributed by atoms with Crippen molar-refractivity contribution in [1.82, 2.24) is 0 Å². The van der Waals surface area contributed by atoms with Crippen molar-refractivity contribution in [3.63, 3.8) is 0 Å². The SMILES string of the molecule is CC(C)N=C(N)c1ccc2c(Cl)c(C(=O)Nc3ccc(Br)cc3)sc2c1.Cl. The number of fused-ring (bicyclic) bond motifs is 1. The molecule has 3 N–H and O–H groups in total. The Morgan fingerprint density at radius 3 is 2.52 bits per heavy atom. The molecule has 0 fully saturated rings. The molecule has 27 heavy (non-hydrogen) atoms. The maximum Gasteiger partial charge on any atom is 0.267 e. The highest BCUT2D eigenvalue weighted by Gasteiger charge is 2.18. The molecule has 1 aromatic heterocycles. The van der Waals surface area contributed by atoms with E-state index in [1.807, 2.05) is 56.3 Å². The van der Waals surface area contributed by atoms with Crippen LogP contribution in [-0.2, 0) is 0 Å². The summed E-state index contributed by atoms with van der Waals surface area (Å²) in [6, 6.07) is 13.2. The van der Waals surface area contributed by atoms with Gasteiger partial charge in [-0.3, -0.25) is 9.79 Å². The van der Waals surface area contributed by atoms with E-state index >= 15 is 0 Å². The van der Waals surface area contributed by atoms with Crippen molar-refractivity contribution < 1.29 is 4.79 Å². The summed E-state index contributed by atoms with van der Waals surface area (Å²) in [5.41, 5.74) is 7.58. The van der Waals surface area contributed by atoms with Crippen molar-refractivity contribution in [2.24, 2.45) is 10.7 Å². The number of nitrogens with zero attached hydrogens (tertiary/aromatic N) is 1. The van der Waals surface area contributed by atoms with Crippen LogP contribution in [0.1, 0.15) is 29.1 Å². The number of nitrogens with two attached hydrogens (primary N) is 1. The van der Waals surface area contributed by atoms with Crippen LogP contribution < -0.4 is 11.1 Å². The van der Waals surface area contributed by atoms with E-state index in [9.17, 15) is 4.79 Å². The maximum atomic E-state index is 12.6. The molecular weight excluding hydrogens is 469 g/mol.